The lowest BCUT2D eigenvalue weighted by molar-refractivity contribution is 0.670. The minimum Gasteiger partial charge on any atom is -0.455 e. The molecular formula is C44H27N5O. The third-order valence-corrected chi connectivity index (χ3v) is 9.36. The van der Waals surface area contributed by atoms with Crippen molar-refractivity contribution in [3.63, 3.8) is 0 Å². The largest absolute Gasteiger partial charge is 0.455 e. The van der Waals surface area contributed by atoms with Crippen LogP contribution in [0, 0.1) is 0 Å². The van der Waals surface area contributed by atoms with Crippen LogP contribution < -0.4 is 0 Å². The van der Waals surface area contributed by atoms with E-state index in [9.17, 15) is 0 Å². The molecular weight excluding hydrogens is 615 g/mol. The van der Waals surface area contributed by atoms with E-state index in [0.717, 1.165) is 71.9 Å². The normalized spacial score (nSPS) is 11.6. The third kappa shape index (κ3) is 4.50. The molecule has 0 atom stereocenters. The van der Waals surface area contributed by atoms with Crippen LogP contribution in [0.3, 0.4) is 0 Å². The number of hydrogen-bond donors (Lipinski definition) is 0. The van der Waals surface area contributed by atoms with Crippen LogP contribution in [-0.4, -0.2) is 24.5 Å². The van der Waals surface area contributed by atoms with Crippen LogP contribution in [0.4, 0.5) is 0 Å². The van der Waals surface area contributed by atoms with Crippen LogP contribution in [0.1, 0.15) is 0 Å². The zero-order valence-corrected chi connectivity index (χ0v) is 26.7. The van der Waals surface area contributed by atoms with Gasteiger partial charge in [0, 0.05) is 50.8 Å². The molecule has 6 nitrogen and oxygen atoms in total. The average molecular weight is 642 g/mol. The second-order valence-electron chi connectivity index (χ2n) is 12.3. The molecule has 234 valence electrons. The van der Waals surface area contributed by atoms with Gasteiger partial charge in [-0.3, -0.25) is 4.98 Å². The zero-order chi connectivity index (χ0) is 33.0. The van der Waals surface area contributed by atoms with Crippen molar-refractivity contribution in [3.05, 3.63) is 164 Å². The fraction of sp³-hybridized carbons (Fsp3) is 0. The van der Waals surface area contributed by atoms with Crippen molar-refractivity contribution in [2.75, 3.05) is 0 Å². The molecule has 0 bridgehead atoms. The minimum atomic E-state index is 0.548. The first-order chi connectivity index (χ1) is 24.8. The molecule has 4 heterocycles. The van der Waals surface area contributed by atoms with Gasteiger partial charge in [0.2, 0.25) is 0 Å². The van der Waals surface area contributed by atoms with E-state index in [4.69, 9.17) is 19.4 Å². The quantitative estimate of drug-likeness (QED) is 0.187. The maximum Gasteiger partial charge on any atom is 0.167 e. The highest BCUT2D eigenvalue weighted by atomic mass is 16.3. The summed E-state index contributed by atoms with van der Waals surface area (Å²) in [5.74, 6) is 1.75. The Balaban J connectivity index is 1.30. The fourth-order valence-corrected chi connectivity index (χ4v) is 7.07. The predicted octanol–water partition coefficient (Wildman–Crippen LogP) is 10.9. The van der Waals surface area contributed by atoms with Crippen LogP contribution in [0.5, 0.6) is 0 Å². The van der Waals surface area contributed by atoms with Crippen molar-refractivity contribution in [2.45, 2.75) is 0 Å². The molecule has 0 radical (unpaired) electrons. The zero-order valence-electron chi connectivity index (χ0n) is 26.7. The minimum absolute atomic E-state index is 0.548. The number of nitrogens with zero attached hydrogens (tertiary/aromatic N) is 5. The van der Waals surface area contributed by atoms with E-state index in [1.54, 1.807) is 0 Å². The molecule has 0 saturated carbocycles. The molecule has 0 aliphatic carbocycles. The molecule has 0 saturated heterocycles. The molecule has 0 aliphatic heterocycles. The maximum absolute atomic E-state index is 6.94. The summed E-state index contributed by atoms with van der Waals surface area (Å²) in [5.41, 5.74) is 9.61. The number of benzene rings is 6. The van der Waals surface area contributed by atoms with Crippen molar-refractivity contribution >= 4 is 43.7 Å². The number of rotatable bonds is 5. The Kier molecular flexibility index (Phi) is 6.39. The SMILES string of the molecule is c1ccc(-c2nc(-c3ccccc3)nc(-c3ccc(-c4ccncc4)c4c3oc3cc5c6ccccc6n(-c6ccccc6)c5cc34)n2)cc1. The molecule has 50 heavy (non-hydrogen) atoms. The van der Waals surface area contributed by atoms with Gasteiger partial charge in [-0.15, -0.1) is 0 Å². The Labute approximate surface area is 287 Å². The number of pyridine rings is 1. The highest BCUT2D eigenvalue weighted by Crippen LogP contribution is 2.44. The van der Waals surface area contributed by atoms with Crippen molar-refractivity contribution in [1.29, 1.82) is 0 Å². The molecule has 0 aliphatic rings. The average Bonchev–Trinajstić information content (AvgIpc) is 3.73. The lowest BCUT2D eigenvalue weighted by Gasteiger charge is -2.10. The first kappa shape index (κ1) is 28.1. The van der Waals surface area contributed by atoms with Crippen LogP contribution >= 0.6 is 0 Å². The predicted molar refractivity (Wildman–Crippen MR) is 201 cm³/mol. The van der Waals surface area contributed by atoms with Crippen molar-refractivity contribution in [3.8, 4) is 51.0 Å². The number of fused-ring (bicyclic) bond motifs is 6. The van der Waals surface area contributed by atoms with E-state index in [1.165, 1.54) is 5.39 Å². The van der Waals surface area contributed by atoms with Gasteiger partial charge in [-0.25, -0.2) is 15.0 Å². The first-order valence-corrected chi connectivity index (χ1v) is 16.6. The van der Waals surface area contributed by atoms with Crippen LogP contribution in [-0.2, 0) is 0 Å². The fourth-order valence-electron chi connectivity index (χ4n) is 7.07. The number of hydrogen-bond acceptors (Lipinski definition) is 5. The molecule has 10 rings (SSSR count). The molecule has 0 N–H and O–H groups in total. The monoisotopic (exact) mass is 641 g/mol. The molecule has 10 aromatic rings. The smallest absolute Gasteiger partial charge is 0.167 e. The topological polar surface area (TPSA) is 69.6 Å². The summed E-state index contributed by atoms with van der Waals surface area (Å²) in [7, 11) is 0. The Morgan fingerprint density at radius 2 is 1.04 bits per heavy atom. The standard InChI is InChI=1S/C44H27N5O/c1-4-12-29(13-5-1)42-46-43(30-14-6-2-7-15-30)48-44(47-42)34-21-20-32(28-22-24-45-25-23-28)40-36-26-38-35(27-39(36)50-41(34)40)33-18-10-11-19-37(33)49(38)31-16-8-3-9-17-31/h1-27H. The van der Waals surface area contributed by atoms with Gasteiger partial charge in [-0.05, 0) is 59.7 Å². The van der Waals surface area contributed by atoms with Gasteiger partial charge >= 0.3 is 0 Å². The van der Waals surface area contributed by atoms with Gasteiger partial charge in [-0.1, -0.05) is 103 Å². The van der Waals surface area contributed by atoms with E-state index in [1.807, 2.05) is 85.2 Å². The second-order valence-corrected chi connectivity index (χ2v) is 12.3. The van der Waals surface area contributed by atoms with E-state index < -0.39 is 0 Å². The summed E-state index contributed by atoms with van der Waals surface area (Å²) in [6.07, 6.45) is 3.65. The van der Waals surface area contributed by atoms with Gasteiger partial charge in [0.05, 0.1) is 16.6 Å². The number of aromatic nitrogens is 5. The Morgan fingerprint density at radius 1 is 0.440 bits per heavy atom. The van der Waals surface area contributed by atoms with E-state index in [2.05, 4.69) is 88.4 Å². The summed E-state index contributed by atoms with van der Waals surface area (Å²) in [4.78, 5) is 19.4. The molecule has 4 aromatic heterocycles. The van der Waals surface area contributed by atoms with Crippen molar-refractivity contribution in [2.24, 2.45) is 0 Å². The summed E-state index contributed by atoms with van der Waals surface area (Å²) in [6, 6.07) is 51.9. The maximum atomic E-state index is 6.94. The molecule has 0 unspecified atom stereocenters. The van der Waals surface area contributed by atoms with Crippen LogP contribution in [0.15, 0.2) is 168 Å². The molecule has 0 fully saturated rings. The Hall–Kier alpha value is -6.92. The van der Waals surface area contributed by atoms with E-state index in [-0.39, 0.29) is 0 Å². The third-order valence-electron chi connectivity index (χ3n) is 9.36. The van der Waals surface area contributed by atoms with Crippen molar-refractivity contribution in [1.82, 2.24) is 24.5 Å². The summed E-state index contributed by atoms with van der Waals surface area (Å²) < 4.78 is 9.27. The number of furan rings is 1. The lowest BCUT2D eigenvalue weighted by Crippen LogP contribution is -2.00. The van der Waals surface area contributed by atoms with Crippen LogP contribution in [0.25, 0.3) is 94.7 Å². The van der Waals surface area contributed by atoms with Gasteiger partial charge in [-0.2, -0.15) is 0 Å². The summed E-state index contributed by atoms with van der Waals surface area (Å²) in [5, 5.41) is 4.31. The van der Waals surface area contributed by atoms with Crippen LogP contribution in [0.2, 0.25) is 0 Å². The molecule has 0 amide bonds. The van der Waals surface area contributed by atoms with Gasteiger partial charge < -0.3 is 8.98 Å². The highest BCUT2D eigenvalue weighted by molar-refractivity contribution is 6.21. The summed E-state index contributed by atoms with van der Waals surface area (Å²) in [6.45, 7) is 0. The Morgan fingerprint density at radius 3 is 1.74 bits per heavy atom. The highest BCUT2D eigenvalue weighted by Gasteiger charge is 2.23. The van der Waals surface area contributed by atoms with E-state index in [0.29, 0.717) is 17.5 Å². The van der Waals surface area contributed by atoms with Crippen molar-refractivity contribution < 1.29 is 4.42 Å². The lowest BCUT2D eigenvalue weighted by atomic mass is 9.97. The molecule has 6 aromatic carbocycles. The molecule has 0 spiro atoms. The number of para-hydroxylation sites is 2. The van der Waals surface area contributed by atoms with Gasteiger partial charge in [0.1, 0.15) is 11.2 Å². The summed E-state index contributed by atoms with van der Waals surface area (Å²) >= 11 is 0. The Bertz CT molecular complexity index is 2790. The first-order valence-electron chi connectivity index (χ1n) is 16.6. The van der Waals surface area contributed by atoms with Gasteiger partial charge in [0.15, 0.2) is 17.5 Å². The molecule has 6 heteroatoms. The van der Waals surface area contributed by atoms with E-state index >= 15 is 0 Å². The van der Waals surface area contributed by atoms with Gasteiger partial charge in [0.25, 0.3) is 0 Å². The second kappa shape index (κ2) is 11.4.